The molecule has 9 nitrogen and oxygen atoms in total. The summed E-state index contributed by atoms with van der Waals surface area (Å²) in [5, 5.41) is 7.02. The average molecular weight is 438 g/mol. The number of methoxy groups -OCH3 is 1. The highest BCUT2D eigenvalue weighted by atomic mass is 16.5. The molecule has 0 bridgehead atoms. The summed E-state index contributed by atoms with van der Waals surface area (Å²) in [5.74, 6) is 0.681. The number of esters is 1. The maximum absolute atomic E-state index is 12.5. The Morgan fingerprint density at radius 3 is 2.47 bits per heavy atom. The lowest BCUT2D eigenvalue weighted by Crippen LogP contribution is -2.22. The van der Waals surface area contributed by atoms with E-state index >= 15 is 0 Å². The Hall–Kier alpha value is -4.01. The van der Waals surface area contributed by atoms with Crippen LogP contribution in [0, 0.1) is 0 Å². The van der Waals surface area contributed by atoms with Crippen LogP contribution in [-0.4, -0.2) is 42.0 Å². The van der Waals surface area contributed by atoms with Crippen molar-refractivity contribution in [2.45, 2.75) is 20.4 Å². The van der Waals surface area contributed by atoms with E-state index in [1.807, 2.05) is 25.1 Å². The van der Waals surface area contributed by atoms with E-state index in [4.69, 9.17) is 19.9 Å². The lowest BCUT2D eigenvalue weighted by Gasteiger charge is -2.12. The molecule has 2 aromatic carbocycles. The Morgan fingerprint density at radius 2 is 1.81 bits per heavy atom. The van der Waals surface area contributed by atoms with Crippen LogP contribution < -0.4 is 20.5 Å². The van der Waals surface area contributed by atoms with Gasteiger partial charge in [0.2, 0.25) is 0 Å². The molecule has 0 fully saturated rings. The first kappa shape index (κ1) is 22.7. The highest BCUT2D eigenvalue weighted by Crippen LogP contribution is 2.28. The topological polar surface area (TPSA) is 118 Å². The molecule has 1 amide bonds. The highest BCUT2D eigenvalue weighted by molar-refractivity contribution is 5.95. The average Bonchev–Trinajstić information content (AvgIpc) is 3.20. The van der Waals surface area contributed by atoms with Gasteiger partial charge in [0.25, 0.3) is 5.91 Å². The third kappa shape index (κ3) is 5.00. The van der Waals surface area contributed by atoms with E-state index in [1.165, 1.54) is 10.9 Å². The summed E-state index contributed by atoms with van der Waals surface area (Å²) in [5.41, 5.74) is 8.20. The van der Waals surface area contributed by atoms with Crippen molar-refractivity contribution in [3.05, 3.63) is 65.4 Å². The summed E-state index contributed by atoms with van der Waals surface area (Å²) < 4.78 is 17.2. The number of benzene rings is 2. The van der Waals surface area contributed by atoms with Gasteiger partial charge < -0.3 is 25.3 Å². The number of nitrogens with zero attached hydrogens (tertiary/aromatic N) is 2. The van der Waals surface area contributed by atoms with Gasteiger partial charge in [-0.25, -0.2) is 9.48 Å². The molecule has 0 saturated heterocycles. The van der Waals surface area contributed by atoms with Gasteiger partial charge in [-0.2, -0.15) is 5.10 Å². The maximum Gasteiger partial charge on any atom is 0.343 e. The van der Waals surface area contributed by atoms with Crippen LogP contribution >= 0.6 is 0 Å². The molecule has 0 saturated carbocycles. The van der Waals surface area contributed by atoms with Gasteiger partial charge in [-0.05, 0) is 55.8 Å². The smallest absolute Gasteiger partial charge is 0.343 e. The number of anilines is 1. The molecule has 3 aromatic rings. The highest BCUT2D eigenvalue weighted by Gasteiger charge is 2.17. The number of ether oxygens (including phenoxy) is 3. The van der Waals surface area contributed by atoms with Crippen molar-refractivity contribution >= 4 is 17.7 Å². The van der Waals surface area contributed by atoms with Gasteiger partial charge in [-0.1, -0.05) is 6.07 Å². The van der Waals surface area contributed by atoms with Crippen LogP contribution in [0.5, 0.6) is 11.5 Å². The van der Waals surface area contributed by atoms with Gasteiger partial charge in [-0.3, -0.25) is 4.79 Å². The van der Waals surface area contributed by atoms with E-state index in [9.17, 15) is 9.59 Å². The van der Waals surface area contributed by atoms with Gasteiger partial charge in [0, 0.05) is 12.1 Å². The molecule has 9 heteroatoms. The number of nitrogens with one attached hydrogen (secondary N) is 1. The lowest BCUT2D eigenvalue weighted by atomic mass is 10.1. The van der Waals surface area contributed by atoms with Gasteiger partial charge >= 0.3 is 5.97 Å². The molecule has 0 aliphatic carbocycles. The third-order valence-electron chi connectivity index (χ3n) is 4.66. The van der Waals surface area contributed by atoms with E-state index in [0.717, 1.165) is 5.56 Å². The van der Waals surface area contributed by atoms with Gasteiger partial charge in [0.15, 0.2) is 11.5 Å². The van der Waals surface area contributed by atoms with Crippen LogP contribution in [0.15, 0.2) is 48.7 Å². The molecule has 0 radical (unpaired) electrons. The Balaban J connectivity index is 1.67. The zero-order valence-electron chi connectivity index (χ0n) is 18.3. The third-order valence-corrected chi connectivity index (χ3v) is 4.66. The van der Waals surface area contributed by atoms with Crippen LogP contribution in [0.25, 0.3) is 5.69 Å². The Labute approximate surface area is 186 Å². The summed E-state index contributed by atoms with van der Waals surface area (Å²) in [6.07, 6.45) is 1.36. The van der Waals surface area contributed by atoms with Crippen molar-refractivity contribution in [3.8, 4) is 17.2 Å². The quantitative estimate of drug-likeness (QED) is 0.493. The van der Waals surface area contributed by atoms with Crippen molar-refractivity contribution in [1.29, 1.82) is 0 Å². The first-order chi connectivity index (χ1) is 15.5. The molecule has 0 atom stereocenters. The first-order valence-electron chi connectivity index (χ1n) is 10.2. The van der Waals surface area contributed by atoms with Crippen LogP contribution in [0.2, 0.25) is 0 Å². The lowest BCUT2D eigenvalue weighted by molar-refractivity contribution is 0.0527. The Morgan fingerprint density at radius 1 is 1.06 bits per heavy atom. The molecule has 32 heavy (non-hydrogen) atoms. The number of carbonyl (C=O) groups excluding carboxylic acids is 2. The van der Waals surface area contributed by atoms with E-state index < -0.39 is 5.97 Å². The van der Waals surface area contributed by atoms with E-state index in [0.29, 0.717) is 35.9 Å². The number of rotatable bonds is 9. The zero-order valence-corrected chi connectivity index (χ0v) is 18.3. The fourth-order valence-corrected chi connectivity index (χ4v) is 3.06. The number of hydrogen-bond donors (Lipinski definition) is 2. The Bertz CT molecular complexity index is 1090. The van der Waals surface area contributed by atoms with E-state index in [2.05, 4.69) is 10.4 Å². The van der Waals surface area contributed by atoms with Crippen molar-refractivity contribution in [2.75, 3.05) is 26.1 Å². The molecule has 3 N–H and O–H groups in total. The second-order valence-electron chi connectivity index (χ2n) is 6.72. The molecule has 0 spiro atoms. The minimum absolute atomic E-state index is 0.171. The number of nitrogen functional groups attached to an aromatic ring is 1. The van der Waals surface area contributed by atoms with Crippen LogP contribution in [0.3, 0.4) is 0 Å². The second kappa shape index (κ2) is 10.3. The zero-order chi connectivity index (χ0) is 23.1. The number of aromatic nitrogens is 2. The van der Waals surface area contributed by atoms with E-state index in [-0.39, 0.29) is 23.9 Å². The number of hydrogen-bond acceptors (Lipinski definition) is 7. The summed E-state index contributed by atoms with van der Waals surface area (Å²) in [6.45, 7) is 4.74. The van der Waals surface area contributed by atoms with Crippen molar-refractivity contribution in [2.24, 2.45) is 0 Å². The van der Waals surface area contributed by atoms with Gasteiger partial charge in [0.1, 0.15) is 11.4 Å². The standard InChI is InChI=1S/C23H26N4O5/c1-4-31-19-11-6-15(12-20(19)30-3)13-25-22(28)16-7-9-17(10-8-16)27-21(24)18(14-26-27)23(29)32-5-2/h6-12,14H,4-5,13,24H2,1-3H3,(H,25,28). The normalized spacial score (nSPS) is 10.5. The molecule has 168 valence electrons. The van der Waals surface area contributed by atoms with Crippen molar-refractivity contribution in [3.63, 3.8) is 0 Å². The van der Waals surface area contributed by atoms with Crippen LogP contribution in [-0.2, 0) is 11.3 Å². The van der Waals surface area contributed by atoms with Gasteiger partial charge in [0.05, 0.1) is 32.2 Å². The fourth-order valence-electron chi connectivity index (χ4n) is 3.06. The van der Waals surface area contributed by atoms with Crippen LogP contribution in [0.4, 0.5) is 5.82 Å². The van der Waals surface area contributed by atoms with E-state index in [1.54, 1.807) is 38.3 Å². The molecular weight excluding hydrogens is 412 g/mol. The number of carbonyl (C=O) groups is 2. The largest absolute Gasteiger partial charge is 0.493 e. The Kier molecular flexibility index (Phi) is 7.33. The minimum Gasteiger partial charge on any atom is -0.493 e. The number of nitrogens with two attached hydrogens (primary N) is 1. The molecular formula is C23H26N4O5. The van der Waals surface area contributed by atoms with Crippen LogP contribution in [0.1, 0.15) is 40.1 Å². The molecule has 1 heterocycles. The maximum atomic E-state index is 12.5. The number of amides is 1. The molecule has 0 unspecified atom stereocenters. The molecule has 0 aliphatic heterocycles. The monoisotopic (exact) mass is 438 g/mol. The summed E-state index contributed by atoms with van der Waals surface area (Å²) in [6, 6.07) is 12.2. The summed E-state index contributed by atoms with van der Waals surface area (Å²) in [7, 11) is 1.57. The van der Waals surface area contributed by atoms with Gasteiger partial charge in [-0.15, -0.1) is 0 Å². The SMILES string of the molecule is CCOC(=O)c1cnn(-c2ccc(C(=O)NCc3ccc(OCC)c(OC)c3)cc2)c1N. The molecule has 3 rings (SSSR count). The van der Waals surface area contributed by atoms with Crippen molar-refractivity contribution in [1.82, 2.24) is 15.1 Å². The van der Waals surface area contributed by atoms with Crippen molar-refractivity contribution < 1.29 is 23.8 Å². The molecule has 1 aromatic heterocycles. The summed E-state index contributed by atoms with van der Waals surface area (Å²) >= 11 is 0. The summed E-state index contributed by atoms with van der Waals surface area (Å²) in [4.78, 5) is 24.5. The predicted octanol–water partition coefficient (Wildman–Crippen LogP) is 2.97. The minimum atomic E-state index is -0.529. The molecule has 0 aliphatic rings. The first-order valence-corrected chi connectivity index (χ1v) is 10.2. The predicted molar refractivity (Wildman–Crippen MR) is 119 cm³/mol. The second-order valence-corrected chi connectivity index (χ2v) is 6.72. The fraction of sp³-hybridized carbons (Fsp3) is 0.261.